The van der Waals surface area contributed by atoms with Gasteiger partial charge in [0.1, 0.15) is 4.88 Å². The standard InChI is InChI=1S/C12H8F3N5O3S2/c13-12(14,15)9-6-8(10(24-9)25(16,21)22)23-11-17-18-19-20(11)7-4-2-1-3-5-7/h1-6H,(H2,16,21,22). The molecule has 0 atom stereocenters. The minimum atomic E-state index is -4.75. The van der Waals surface area contributed by atoms with Crippen molar-refractivity contribution in [3.8, 4) is 17.4 Å². The lowest BCUT2D eigenvalue weighted by Gasteiger charge is -2.05. The largest absolute Gasteiger partial charge is 0.425 e. The molecule has 1 aromatic carbocycles. The lowest BCUT2D eigenvalue weighted by atomic mass is 10.3. The van der Waals surface area contributed by atoms with Crippen LogP contribution in [0, 0.1) is 0 Å². The van der Waals surface area contributed by atoms with E-state index in [1.165, 1.54) is 0 Å². The molecule has 13 heteroatoms. The molecule has 2 N–H and O–H groups in total. The maximum Gasteiger partial charge on any atom is 0.425 e. The van der Waals surface area contributed by atoms with Gasteiger partial charge in [-0.2, -0.15) is 17.9 Å². The number of thiophene rings is 1. The Hall–Kier alpha value is -2.51. The van der Waals surface area contributed by atoms with E-state index in [4.69, 9.17) is 9.88 Å². The topological polar surface area (TPSA) is 113 Å². The number of tetrazole rings is 1. The Morgan fingerprint density at radius 1 is 1.20 bits per heavy atom. The lowest BCUT2D eigenvalue weighted by Crippen LogP contribution is -2.11. The first kappa shape index (κ1) is 17.3. The van der Waals surface area contributed by atoms with Crippen molar-refractivity contribution in [2.45, 2.75) is 10.4 Å². The number of nitrogens with two attached hydrogens (primary N) is 1. The van der Waals surface area contributed by atoms with Crippen LogP contribution in [0.4, 0.5) is 13.2 Å². The number of para-hydroxylation sites is 1. The van der Waals surface area contributed by atoms with Crippen molar-refractivity contribution in [1.29, 1.82) is 0 Å². The molecule has 2 heterocycles. The number of hydrogen-bond acceptors (Lipinski definition) is 7. The van der Waals surface area contributed by atoms with E-state index in [0.29, 0.717) is 11.8 Å². The van der Waals surface area contributed by atoms with Crippen LogP contribution in [0.25, 0.3) is 5.69 Å². The molecule has 0 spiro atoms. The Bertz CT molecular complexity index is 999. The molecule has 8 nitrogen and oxygen atoms in total. The first-order chi connectivity index (χ1) is 11.7. The number of nitrogens with zero attached hydrogens (tertiary/aromatic N) is 4. The summed E-state index contributed by atoms with van der Waals surface area (Å²) in [7, 11) is -4.44. The highest BCUT2D eigenvalue weighted by molar-refractivity contribution is 7.91. The Kier molecular flexibility index (Phi) is 4.22. The summed E-state index contributed by atoms with van der Waals surface area (Å²) in [5.41, 5.74) is 0.464. The van der Waals surface area contributed by atoms with E-state index < -0.39 is 31.0 Å². The van der Waals surface area contributed by atoms with Gasteiger partial charge in [0.25, 0.3) is 10.0 Å². The second kappa shape index (κ2) is 6.09. The average molecular weight is 391 g/mol. The van der Waals surface area contributed by atoms with Gasteiger partial charge >= 0.3 is 12.2 Å². The second-order valence-electron chi connectivity index (χ2n) is 4.62. The number of alkyl halides is 3. The van der Waals surface area contributed by atoms with E-state index in [2.05, 4.69) is 15.5 Å². The summed E-state index contributed by atoms with van der Waals surface area (Å²) < 4.78 is 67.3. The van der Waals surface area contributed by atoms with Gasteiger partial charge in [-0.15, -0.1) is 11.3 Å². The summed E-state index contributed by atoms with van der Waals surface area (Å²) in [6, 6.07) is 8.57. The molecule has 0 saturated carbocycles. The molecular formula is C12H8F3N5O3S2. The average Bonchev–Trinajstić information content (AvgIpc) is 3.14. The van der Waals surface area contributed by atoms with Crippen LogP contribution in [0.3, 0.4) is 0 Å². The third-order valence-corrected chi connectivity index (χ3v) is 5.47. The molecule has 2 aromatic heterocycles. The van der Waals surface area contributed by atoms with Gasteiger partial charge in [-0.1, -0.05) is 23.3 Å². The smallest absolute Gasteiger partial charge is 0.421 e. The molecule has 0 radical (unpaired) electrons. The molecule has 0 aliphatic rings. The first-order valence-electron chi connectivity index (χ1n) is 6.42. The van der Waals surface area contributed by atoms with Gasteiger partial charge in [0.05, 0.1) is 5.69 Å². The number of benzene rings is 1. The summed E-state index contributed by atoms with van der Waals surface area (Å²) in [6.07, 6.45) is -4.75. The molecule has 25 heavy (non-hydrogen) atoms. The number of primary sulfonamides is 1. The lowest BCUT2D eigenvalue weighted by molar-refractivity contribution is -0.134. The van der Waals surface area contributed by atoms with E-state index in [-0.39, 0.29) is 17.3 Å². The van der Waals surface area contributed by atoms with E-state index in [0.717, 1.165) is 4.68 Å². The highest BCUT2D eigenvalue weighted by Gasteiger charge is 2.36. The minimum Gasteiger partial charge on any atom is -0.421 e. The van der Waals surface area contributed by atoms with Crippen molar-refractivity contribution in [2.75, 3.05) is 0 Å². The molecule has 3 rings (SSSR count). The number of sulfonamides is 1. The zero-order valence-corrected chi connectivity index (χ0v) is 13.6. The monoisotopic (exact) mass is 391 g/mol. The van der Waals surface area contributed by atoms with Crippen LogP contribution in [0.5, 0.6) is 11.8 Å². The van der Waals surface area contributed by atoms with Crippen molar-refractivity contribution < 1.29 is 26.3 Å². The number of halogens is 3. The Labute approximate surface area is 142 Å². The van der Waals surface area contributed by atoms with Crippen LogP contribution in [0.15, 0.2) is 40.6 Å². The second-order valence-corrected chi connectivity index (χ2v) is 7.42. The van der Waals surface area contributed by atoms with Gasteiger partial charge in [-0.25, -0.2) is 13.6 Å². The maximum absolute atomic E-state index is 12.9. The zero-order valence-electron chi connectivity index (χ0n) is 12.0. The molecule has 0 bridgehead atoms. The quantitative estimate of drug-likeness (QED) is 0.729. The van der Waals surface area contributed by atoms with Crippen molar-refractivity contribution in [1.82, 2.24) is 20.2 Å². The molecular weight excluding hydrogens is 383 g/mol. The minimum absolute atomic E-state index is 0.0439. The Balaban J connectivity index is 2.05. The SMILES string of the molecule is NS(=O)(=O)c1sc(C(F)(F)F)cc1Oc1nnnn1-c1ccccc1. The van der Waals surface area contributed by atoms with Crippen molar-refractivity contribution >= 4 is 21.4 Å². The third kappa shape index (κ3) is 3.62. The van der Waals surface area contributed by atoms with Crippen molar-refractivity contribution in [3.05, 3.63) is 41.3 Å². The van der Waals surface area contributed by atoms with Gasteiger partial charge in [0, 0.05) is 6.07 Å². The van der Waals surface area contributed by atoms with Crippen LogP contribution in [0.2, 0.25) is 0 Å². The van der Waals surface area contributed by atoms with E-state index in [1.54, 1.807) is 30.3 Å². The number of hydrogen-bond donors (Lipinski definition) is 1. The summed E-state index contributed by atoms with van der Waals surface area (Å²) in [6.45, 7) is 0. The van der Waals surface area contributed by atoms with Gasteiger partial charge in [-0.3, -0.25) is 0 Å². The van der Waals surface area contributed by atoms with Gasteiger partial charge in [-0.05, 0) is 22.6 Å². The van der Waals surface area contributed by atoms with Gasteiger partial charge < -0.3 is 4.74 Å². The summed E-state index contributed by atoms with van der Waals surface area (Å²) in [5.74, 6) is -0.605. The normalized spacial score (nSPS) is 12.3. The van der Waals surface area contributed by atoms with Crippen LogP contribution in [0.1, 0.15) is 4.88 Å². The first-order valence-corrected chi connectivity index (χ1v) is 8.78. The van der Waals surface area contributed by atoms with Crippen LogP contribution < -0.4 is 9.88 Å². The zero-order chi connectivity index (χ0) is 18.2. The van der Waals surface area contributed by atoms with E-state index in [1.807, 2.05) is 0 Å². The molecule has 0 amide bonds. The molecule has 132 valence electrons. The molecule has 0 aliphatic carbocycles. The van der Waals surface area contributed by atoms with Crippen molar-refractivity contribution in [3.63, 3.8) is 0 Å². The maximum atomic E-state index is 12.9. The highest BCUT2D eigenvalue weighted by atomic mass is 32.2. The summed E-state index contributed by atoms with van der Waals surface area (Å²) >= 11 is -0.0439. The predicted molar refractivity (Wildman–Crippen MR) is 79.9 cm³/mol. The number of aromatic nitrogens is 4. The van der Waals surface area contributed by atoms with E-state index >= 15 is 0 Å². The van der Waals surface area contributed by atoms with Crippen molar-refractivity contribution in [2.24, 2.45) is 5.14 Å². The van der Waals surface area contributed by atoms with Crippen LogP contribution >= 0.6 is 11.3 Å². The molecule has 0 aliphatic heterocycles. The van der Waals surface area contributed by atoms with Crippen LogP contribution in [-0.2, 0) is 16.2 Å². The summed E-state index contributed by atoms with van der Waals surface area (Å²) in [4.78, 5) is -1.18. The highest BCUT2D eigenvalue weighted by Crippen LogP contribution is 2.43. The number of rotatable bonds is 4. The third-order valence-electron chi connectivity index (χ3n) is 2.85. The molecule has 0 fully saturated rings. The predicted octanol–water partition coefficient (Wildman–Crippen LogP) is 2.18. The fraction of sp³-hybridized carbons (Fsp3) is 0.0833. The number of ether oxygens (including phenoxy) is 1. The molecule has 0 saturated heterocycles. The Morgan fingerprint density at radius 3 is 2.48 bits per heavy atom. The molecule has 3 aromatic rings. The molecule has 0 unspecified atom stereocenters. The summed E-state index contributed by atoms with van der Waals surface area (Å²) in [5, 5.41) is 15.6. The fourth-order valence-corrected chi connectivity index (χ4v) is 3.64. The van der Waals surface area contributed by atoms with E-state index in [9.17, 15) is 21.6 Å². The van der Waals surface area contributed by atoms with Crippen LogP contribution in [-0.4, -0.2) is 28.6 Å². The van der Waals surface area contributed by atoms with Gasteiger partial charge in [0.15, 0.2) is 9.96 Å². The fourth-order valence-electron chi connectivity index (χ4n) is 1.84. The van der Waals surface area contributed by atoms with Gasteiger partial charge in [0.2, 0.25) is 0 Å². The Morgan fingerprint density at radius 2 is 1.88 bits per heavy atom.